The molecule has 41 heavy (non-hydrogen) atoms. The van der Waals surface area contributed by atoms with Crippen LogP contribution < -0.4 is 31.2 Å². The second-order valence-electron chi connectivity index (χ2n) is 9.78. The van der Waals surface area contributed by atoms with Gasteiger partial charge in [-0.15, -0.1) is 0 Å². The fourth-order valence-corrected chi connectivity index (χ4v) is 4.07. The zero-order chi connectivity index (χ0) is 30.4. The molecule has 0 unspecified atom stereocenters. The van der Waals surface area contributed by atoms with Gasteiger partial charge in [0.05, 0.1) is 0 Å². The number of nitrogens with one attached hydrogen (secondary N) is 4. The molecule has 2 aromatic rings. The van der Waals surface area contributed by atoms with Gasteiger partial charge in [0.2, 0.25) is 11.8 Å². The molecule has 0 heterocycles. The average Bonchev–Trinajstić information content (AvgIpc) is 2.93. The van der Waals surface area contributed by atoms with Crippen LogP contribution in [0.15, 0.2) is 24.3 Å². The number of hydrazine groups is 2. The van der Waals surface area contributed by atoms with Gasteiger partial charge in [-0.1, -0.05) is 42.5 Å². The lowest BCUT2D eigenvalue weighted by Crippen LogP contribution is -2.43. The maximum Gasteiger partial charge on any atom is 0.276 e. The molecule has 2 aromatic carbocycles. The Balaban J connectivity index is 1.46. The first kappa shape index (κ1) is 33.7. The zero-order valence-electron chi connectivity index (χ0n) is 23.9. The molecule has 0 spiro atoms. The smallest absolute Gasteiger partial charge is 0.276 e. The van der Waals surface area contributed by atoms with Gasteiger partial charge in [-0.2, -0.15) is 0 Å². The molecule has 0 bridgehead atoms. The number of amides is 4. The van der Waals surface area contributed by atoms with Crippen molar-refractivity contribution in [1.82, 2.24) is 21.7 Å². The summed E-state index contributed by atoms with van der Waals surface area (Å²) in [6, 6.07) is 6.98. The van der Waals surface area contributed by atoms with E-state index in [1.54, 1.807) is 24.3 Å². The van der Waals surface area contributed by atoms with E-state index in [4.69, 9.17) is 32.7 Å². The van der Waals surface area contributed by atoms with Gasteiger partial charge in [-0.3, -0.25) is 40.9 Å². The van der Waals surface area contributed by atoms with Crippen molar-refractivity contribution in [3.8, 4) is 11.5 Å². The van der Waals surface area contributed by atoms with Crippen molar-refractivity contribution in [3.05, 3.63) is 56.6 Å². The molecule has 0 saturated heterocycles. The Morgan fingerprint density at radius 3 is 1.17 bits per heavy atom. The molecule has 0 aliphatic heterocycles. The predicted octanol–water partition coefficient (Wildman–Crippen LogP) is 4.71. The molecule has 10 nitrogen and oxygen atoms in total. The maximum atomic E-state index is 11.9. The minimum Gasteiger partial charge on any atom is -0.484 e. The van der Waals surface area contributed by atoms with Crippen molar-refractivity contribution in [2.45, 2.75) is 72.6 Å². The molecule has 4 amide bonds. The Morgan fingerprint density at radius 2 is 0.829 bits per heavy atom. The Hall–Kier alpha value is -3.50. The summed E-state index contributed by atoms with van der Waals surface area (Å²) >= 11 is 12.2. The van der Waals surface area contributed by atoms with Crippen LogP contribution in [-0.2, 0) is 19.2 Å². The third kappa shape index (κ3) is 12.7. The van der Waals surface area contributed by atoms with Gasteiger partial charge in [0.15, 0.2) is 13.2 Å². The molecular formula is C29H38Cl2N4O6. The first-order valence-electron chi connectivity index (χ1n) is 13.4. The van der Waals surface area contributed by atoms with E-state index in [-0.39, 0.29) is 37.9 Å². The minimum atomic E-state index is -0.475. The van der Waals surface area contributed by atoms with Crippen molar-refractivity contribution in [1.29, 1.82) is 0 Å². The van der Waals surface area contributed by atoms with E-state index < -0.39 is 11.8 Å². The molecule has 0 aliphatic rings. The monoisotopic (exact) mass is 608 g/mol. The molecule has 0 radical (unpaired) electrons. The highest BCUT2D eigenvalue weighted by Gasteiger charge is 2.10. The second kappa shape index (κ2) is 17.3. The topological polar surface area (TPSA) is 135 Å². The standard InChI is InChI=1S/C29H38Cl2N4O6/c1-18-12-22(13-19(2)28(18)30)40-16-26(38)34-32-24(36)10-8-6-5-7-9-11-25(37)33-35-27(39)17-41-23-14-20(3)29(31)21(4)15-23/h12-15H,5-11,16-17H2,1-4H3,(H,32,36)(H,33,37)(H,34,38)(H,35,39). The van der Waals surface area contributed by atoms with Crippen LogP contribution in [0.2, 0.25) is 10.0 Å². The fraction of sp³-hybridized carbons (Fsp3) is 0.448. The molecule has 0 aliphatic carbocycles. The molecule has 0 atom stereocenters. The number of hydrogen-bond acceptors (Lipinski definition) is 6. The van der Waals surface area contributed by atoms with Crippen molar-refractivity contribution in [2.75, 3.05) is 13.2 Å². The molecule has 0 saturated carbocycles. The number of carbonyl (C=O) groups is 4. The van der Waals surface area contributed by atoms with Crippen LogP contribution in [0.5, 0.6) is 11.5 Å². The lowest BCUT2D eigenvalue weighted by atomic mass is 10.1. The van der Waals surface area contributed by atoms with Crippen LogP contribution in [0.3, 0.4) is 0 Å². The summed E-state index contributed by atoms with van der Waals surface area (Å²) < 4.78 is 10.9. The third-order valence-corrected chi connectivity index (χ3v) is 7.24. The number of unbranched alkanes of at least 4 members (excludes halogenated alkanes) is 4. The van der Waals surface area contributed by atoms with Crippen LogP contribution in [0.1, 0.15) is 67.2 Å². The van der Waals surface area contributed by atoms with E-state index in [1.165, 1.54) is 0 Å². The largest absolute Gasteiger partial charge is 0.484 e. The van der Waals surface area contributed by atoms with Crippen molar-refractivity contribution in [3.63, 3.8) is 0 Å². The van der Waals surface area contributed by atoms with Gasteiger partial charge in [-0.05, 0) is 87.1 Å². The van der Waals surface area contributed by atoms with E-state index >= 15 is 0 Å². The predicted molar refractivity (Wildman–Crippen MR) is 158 cm³/mol. The Labute approximate surface area is 250 Å². The highest BCUT2D eigenvalue weighted by atomic mass is 35.5. The first-order valence-corrected chi connectivity index (χ1v) is 14.2. The highest BCUT2D eigenvalue weighted by molar-refractivity contribution is 6.32. The summed E-state index contributed by atoms with van der Waals surface area (Å²) in [5, 5.41) is 1.31. The molecule has 4 N–H and O–H groups in total. The fourth-order valence-electron chi connectivity index (χ4n) is 3.85. The quantitative estimate of drug-likeness (QED) is 0.181. The zero-order valence-corrected chi connectivity index (χ0v) is 25.4. The van der Waals surface area contributed by atoms with E-state index in [0.29, 0.717) is 34.4 Å². The average molecular weight is 610 g/mol. The number of rotatable bonds is 14. The summed E-state index contributed by atoms with van der Waals surface area (Å²) in [6.07, 6.45) is 4.28. The Morgan fingerprint density at radius 1 is 0.537 bits per heavy atom. The summed E-state index contributed by atoms with van der Waals surface area (Å²) in [5.74, 6) is -0.486. The molecule has 12 heteroatoms. The molecule has 0 fully saturated rings. The number of benzene rings is 2. The van der Waals surface area contributed by atoms with Gasteiger partial charge >= 0.3 is 0 Å². The van der Waals surface area contributed by atoms with Crippen molar-refractivity contribution >= 4 is 46.8 Å². The maximum absolute atomic E-state index is 11.9. The van der Waals surface area contributed by atoms with E-state index in [1.807, 2.05) is 27.7 Å². The highest BCUT2D eigenvalue weighted by Crippen LogP contribution is 2.26. The molecule has 0 aromatic heterocycles. The van der Waals surface area contributed by atoms with E-state index in [0.717, 1.165) is 41.5 Å². The first-order chi connectivity index (χ1) is 19.5. The number of halogens is 2. The number of aryl methyl sites for hydroxylation is 4. The van der Waals surface area contributed by atoms with Gasteiger partial charge in [0.1, 0.15) is 11.5 Å². The van der Waals surface area contributed by atoms with Crippen molar-refractivity contribution < 1.29 is 28.7 Å². The van der Waals surface area contributed by atoms with Crippen molar-refractivity contribution in [2.24, 2.45) is 0 Å². The van der Waals surface area contributed by atoms with Crippen LogP contribution in [0.25, 0.3) is 0 Å². The summed E-state index contributed by atoms with van der Waals surface area (Å²) in [4.78, 5) is 47.7. The van der Waals surface area contributed by atoms with E-state index in [2.05, 4.69) is 21.7 Å². The SMILES string of the molecule is Cc1cc(OCC(=O)NNC(=O)CCCCCCCC(=O)NNC(=O)COc2cc(C)c(Cl)c(C)c2)cc(C)c1Cl. The second-order valence-corrected chi connectivity index (χ2v) is 10.5. The number of hydrogen-bond donors (Lipinski definition) is 4. The van der Waals surface area contributed by atoms with Gasteiger partial charge in [-0.25, -0.2) is 0 Å². The summed E-state index contributed by atoms with van der Waals surface area (Å²) in [5.41, 5.74) is 12.8. The van der Waals surface area contributed by atoms with Gasteiger partial charge in [0, 0.05) is 22.9 Å². The van der Waals surface area contributed by atoms with Crippen LogP contribution in [-0.4, -0.2) is 36.8 Å². The summed E-state index contributed by atoms with van der Waals surface area (Å²) in [7, 11) is 0. The van der Waals surface area contributed by atoms with Crippen LogP contribution in [0, 0.1) is 27.7 Å². The lowest BCUT2D eigenvalue weighted by Gasteiger charge is -2.11. The van der Waals surface area contributed by atoms with Crippen LogP contribution in [0.4, 0.5) is 0 Å². The lowest BCUT2D eigenvalue weighted by molar-refractivity contribution is -0.130. The Kier molecular flexibility index (Phi) is 14.3. The van der Waals surface area contributed by atoms with Gasteiger partial charge < -0.3 is 9.47 Å². The molecule has 2 rings (SSSR count). The molecular weight excluding hydrogens is 571 g/mol. The van der Waals surface area contributed by atoms with Crippen LogP contribution >= 0.6 is 23.2 Å². The minimum absolute atomic E-state index is 0.241. The number of carbonyl (C=O) groups excluding carboxylic acids is 4. The normalized spacial score (nSPS) is 10.5. The number of ether oxygens (including phenoxy) is 2. The Bertz CT molecular complexity index is 1100. The van der Waals surface area contributed by atoms with Gasteiger partial charge in [0.25, 0.3) is 11.8 Å². The summed E-state index contributed by atoms with van der Waals surface area (Å²) in [6.45, 7) is 6.93. The third-order valence-electron chi connectivity index (χ3n) is 6.05. The molecule has 224 valence electrons. The van der Waals surface area contributed by atoms with E-state index in [9.17, 15) is 19.2 Å².